The number of benzene rings is 1. The highest BCUT2D eigenvalue weighted by molar-refractivity contribution is 7.09. The first-order valence-corrected chi connectivity index (χ1v) is 8.03. The fraction of sp³-hybridized carbons (Fsp3) is 0.312. The molecule has 0 atom stereocenters. The van der Waals surface area contributed by atoms with Crippen LogP contribution in [0, 0.1) is 0 Å². The van der Waals surface area contributed by atoms with E-state index in [1.165, 1.54) is 23.3 Å². The van der Waals surface area contributed by atoms with Gasteiger partial charge in [0, 0.05) is 11.9 Å². The summed E-state index contributed by atoms with van der Waals surface area (Å²) in [6.45, 7) is -0.420. The van der Waals surface area contributed by atoms with Crippen LogP contribution < -0.4 is 4.74 Å². The molecule has 0 saturated heterocycles. The van der Waals surface area contributed by atoms with Gasteiger partial charge in [0.05, 0.1) is 17.7 Å². The topological polar surface area (TPSA) is 29.5 Å². The number of carbonyl (C=O) groups excluding carboxylic acids is 1. The van der Waals surface area contributed by atoms with E-state index in [-0.39, 0.29) is 12.6 Å². The van der Waals surface area contributed by atoms with Gasteiger partial charge >= 0.3 is 12.4 Å². The van der Waals surface area contributed by atoms with Gasteiger partial charge < -0.3 is 9.64 Å². The maximum atomic E-state index is 12.8. The van der Waals surface area contributed by atoms with E-state index in [2.05, 4.69) is 0 Å². The minimum Gasteiger partial charge on any atom is -0.484 e. The van der Waals surface area contributed by atoms with Gasteiger partial charge in [-0.1, -0.05) is 6.07 Å². The van der Waals surface area contributed by atoms with Crippen LogP contribution in [0.15, 0.2) is 35.7 Å². The van der Waals surface area contributed by atoms with Crippen LogP contribution >= 0.6 is 11.3 Å². The molecule has 0 radical (unpaired) electrons. The van der Waals surface area contributed by atoms with Crippen molar-refractivity contribution in [2.45, 2.75) is 18.9 Å². The van der Waals surface area contributed by atoms with E-state index in [0.29, 0.717) is 12.1 Å². The Morgan fingerprint density at radius 2 is 1.65 bits per heavy atom. The highest BCUT2D eigenvalue weighted by Gasteiger charge is 2.37. The fourth-order valence-electron chi connectivity index (χ4n) is 1.99. The number of rotatable bonds is 5. The third kappa shape index (κ3) is 5.38. The normalized spacial score (nSPS) is 12.1. The van der Waals surface area contributed by atoms with Crippen LogP contribution in [0.25, 0.3) is 0 Å². The van der Waals surface area contributed by atoms with Gasteiger partial charge in [0.25, 0.3) is 5.91 Å². The number of halogens is 6. The monoisotopic (exact) mass is 397 g/mol. The molecule has 0 unspecified atom stereocenters. The van der Waals surface area contributed by atoms with Crippen LogP contribution in [0.1, 0.15) is 16.0 Å². The molecule has 0 saturated carbocycles. The summed E-state index contributed by atoms with van der Waals surface area (Å²) in [6, 6.07) is 4.44. The average Bonchev–Trinajstić information content (AvgIpc) is 3.03. The standard InChI is InChI=1S/C16H13F6NO2S/c1-23(8-13-3-2-4-26-13)14(24)9-25-12-6-10(15(17,18)19)5-11(7-12)16(20,21)22/h2-7H,8-9H2,1H3. The van der Waals surface area contributed by atoms with Gasteiger partial charge in [0.1, 0.15) is 5.75 Å². The maximum absolute atomic E-state index is 12.8. The summed E-state index contributed by atoms with van der Waals surface area (Å²) in [6.07, 6.45) is -9.95. The number of ether oxygens (including phenoxy) is 1. The number of alkyl halides is 6. The van der Waals surface area contributed by atoms with E-state index in [0.717, 1.165) is 4.88 Å². The molecule has 0 spiro atoms. The largest absolute Gasteiger partial charge is 0.484 e. The zero-order valence-electron chi connectivity index (χ0n) is 13.3. The molecule has 1 aromatic carbocycles. The van der Waals surface area contributed by atoms with Crippen LogP contribution in [-0.2, 0) is 23.7 Å². The van der Waals surface area contributed by atoms with Crippen molar-refractivity contribution in [2.24, 2.45) is 0 Å². The Labute approximate surface area is 148 Å². The van der Waals surface area contributed by atoms with E-state index in [9.17, 15) is 31.1 Å². The first-order valence-electron chi connectivity index (χ1n) is 7.15. The Morgan fingerprint density at radius 1 is 1.08 bits per heavy atom. The van der Waals surface area contributed by atoms with Crippen molar-refractivity contribution in [3.05, 3.63) is 51.7 Å². The molecular formula is C16H13F6NO2S. The summed E-state index contributed by atoms with van der Waals surface area (Å²) in [5.74, 6) is -1.26. The van der Waals surface area contributed by atoms with Gasteiger partial charge in [0.2, 0.25) is 0 Å². The molecule has 1 amide bonds. The Balaban J connectivity index is 2.11. The van der Waals surface area contributed by atoms with Gasteiger partial charge in [-0.3, -0.25) is 4.79 Å². The summed E-state index contributed by atoms with van der Waals surface area (Å²) in [4.78, 5) is 14.1. The van der Waals surface area contributed by atoms with Crippen LogP contribution in [0.4, 0.5) is 26.3 Å². The van der Waals surface area contributed by atoms with Crippen molar-refractivity contribution in [1.29, 1.82) is 0 Å². The third-order valence-corrected chi connectivity index (χ3v) is 4.18. The number of hydrogen-bond acceptors (Lipinski definition) is 3. The van der Waals surface area contributed by atoms with Crippen molar-refractivity contribution in [2.75, 3.05) is 13.7 Å². The lowest BCUT2D eigenvalue weighted by Crippen LogP contribution is -2.30. The molecule has 1 aromatic heterocycles. The van der Waals surface area contributed by atoms with Crippen molar-refractivity contribution in [3.8, 4) is 5.75 Å². The molecule has 0 aliphatic carbocycles. The first-order chi connectivity index (χ1) is 12.0. The van der Waals surface area contributed by atoms with Crippen molar-refractivity contribution >= 4 is 17.2 Å². The van der Waals surface area contributed by atoms with Gasteiger partial charge in [-0.15, -0.1) is 11.3 Å². The van der Waals surface area contributed by atoms with Crippen LogP contribution in [0.3, 0.4) is 0 Å². The van der Waals surface area contributed by atoms with Gasteiger partial charge in [-0.25, -0.2) is 0 Å². The summed E-state index contributed by atoms with van der Waals surface area (Å²) >= 11 is 1.41. The number of hydrogen-bond donors (Lipinski definition) is 0. The number of likely N-dealkylation sites (N-methyl/N-ethyl adjacent to an activating group) is 1. The highest BCUT2D eigenvalue weighted by Crippen LogP contribution is 2.38. The van der Waals surface area contributed by atoms with Gasteiger partial charge in [-0.05, 0) is 29.6 Å². The molecule has 0 N–H and O–H groups in total. The Hall–Kier alpha value is -2.23. The van der Waals surface area contributed by atoms with Crippen molar-refractivity contribution in [3.63, 3.8) is 0 Å². The smallest absolute Gasteiger partial charge is 0.416 e. The molecule has 1 heterocycles. The summed E-state index contributed by atoms with van der Waals surface area (Å²) in [5.41, 5.74) is -3.00. The Kier molecular flexibility index (Phi) is 5.84. The summed E-state index contributed by atoms with van der Waals surface area (Å²) in [5, 5.41) is 1.81. The second kappa shape index (κ2) is 7.56. The minimum atomic E-state index is -4.97. The second-order valence-electron chi connectivity index (χ2n) is 5.36. The minimum absolute atomic E-state index is 0.00238. The van der Waals surface area contributed by atoms with E-state index >= 15 is 0 Å². The zero-order chi connectivity index (χ0) is 19.5. The van der Waals surface area contributed by atoms with Crippen molar-refractivity contribution in [1.82, 2.24) is 4.90 Å². The molecule has 2 aromatic rings. The van der Waals surface area contributed by atoms with E-state index in [1.807, 2.05) is 5.38 Å². The zero-order valence-corrected chi connectivity index (χ0v) is 14.1. The third-order valence-electron chi connectivity index (χ3n) is 3.32. The number of nitrogens with zero attached hydrogens (tertiary/aromatic N) is 1. The van der Waals surface area contributed by atoms with Crippen LogP contribution in [-0.4, -0.2) is 24.5 Å². The average molecular weight is 397 g/mol. The molecule has 0 aliphatic heterocycles. The Morgan fingerprint density at radius 3 is 2.12 bits per heavy atom. The van der Waals surface area contributed by atoms with Crippen LogP contribution in [0.2, 0.25) is 0 Å². The maximum Gasteiger partial charge on any atom is 0.416 e. The predicted molar refractivity (Wildman–Crippen MR) is 82.7 cm³/mol. The molecule has 0 aliphatic rings. The summed E-state index contributed by atoms with van der Waals surface area (Å²) < 4.78 is 81.6. The predicted octanol–water partition coefficient (Wildman–Crippen LogP) is 4.82. The number of amides is 1. The molecule has 0 fully saturated rings. The quantitative estimate of drug-likeness (QED) is 0.677. The lowest BCUT2D eigenvalue weighted by Gasteiger charge is -2.18. The molecule has 142 valence electrons. The highest BCUT2D eigenvalue weighted by atomic mass is 32.1. The number of carbonyl (C=O) groups is 1. The van der Waals surface area contributed by atoms with Crippen molar-refractivity contribution < 1.29 is 35.9 Å². The van der Waals surface area contributed by atoms with Gasteiger partial charge in [-0.2, -0.15) is 26.3 Å². The number of thiophene rings is 1. The lowest BCUT2D eigenvalue weighted by molar-refractivity contribution is -0.143. The molecular weight excluding hydrogens is 384 g/mol. The molecule has 3 nitrogen and oxygen atoms in total. The van der Waals surface area contributed by atoms with E-state index in [4.69, 9.17) is 4.74 Å². The SMILES string of the molecule is CN(Cc1cccs1)C(=O)COc1cc(C(F)(F)F)cc(C(F)(F)F)c1. The van der Waals surface area contributed by atoms with Crippen LogP contribution in [0.5, 0.6) is 5.75 Å². The molecule has 10 heteroatoms. The molecule has 2 rings (SSSR count). The lowest BCUT2D eigenvalue weighted by atomic mass is 10.1. The fourth-order valence-corrected chi connectivity index (χ4v) is 2.75. The van der Waals surface area contributed by atoms with Gasteiger partial charge in [0.15, 0.2) is 6.61 Å². The molecule has 26 heavy (non-hydrogen) atoms. The molecule has 0 bridgehead atoms. The first kappa shape index (κ1) is 20.1. The van der Waals surface area contributed by atoms with E-state index < -0.39 is 41.7 Å². The second-order valence-corrected chi connectivity index (χ2v) is 6.39. The van der Waals surface area contributed by atoms with E-state index in [1.54, 1.807) is 12.1 Å². The summed E-state index contributed by atoms with van der Waals surface area (Å²) in [7, 11) is 1.46. The Bertz CT molecular complexity index is 723.